The van der Waals surface area contributed by atoms with Crippen molar-refractivity contribution in [3.63, 3.8) is 0 Å². The Morgan fingerprint density at radius 1 is 1.25 bits per heavy atom. The summed E-state index contributed by atoms with van der Waals surface area (Å²) >= 11 is 0. The van der Waals surface area contributed by atoms with E-state index in [0.29, 0.717) is 17.1 Å². The zero-order valence-electron chi connectivity index (χ0n) is 11.5. The fourth-order valence-corrected chi connectivity index (χ4v) is 1.71. The summed E-state index contributed by atoms with van der Waals surface area (Å²) in [7, 11) is 4.51. The lowest BCUT2D eigenvalue weighted by atomic mass is 10.1. The molecule has 1 aromatic carbocycles. The number of benzene rings is 1. The second kappa shape index (κ2) is 6.16. The van der Waals surface area contributed by atoms with Crippen LogP contribution >= 0.6 is 0 Å². The Kier molecular flexibility index (Phi) is 4.31. The molecule has 7 nitrogen and oxygen atoms in total. The minimum absolute atomic E-state index is 0.178. The lowest BCUT2D eigenvalue weighted by Crippen LogP contribution is -2.09. The summed E-state index contributed by atoms with van der Waals surface area (Å²) in [4.78, 5) is 11.7. The van der Waals surface area contributed by atoms with Crippen LogP contribution in [0, 0.1) is 0 Å². The fourth-order valence-electron chi connectivity index (χ4n) is 1.71. The Balaban J connectivity index is 2.30. The largest absolute Gasteiger partial charge is 0.468 e. The predicted octanol–water partition coefficient (Wildman–Crippen LogP) is 1.25. The standard InChI is InChI=1S/C13H15N3O4/c1-16-12(13(17)19-3)11(14-15-16)9-4-6-10(7-5-9)20-8-18-2/h4-7H,8H2,1-3H3. The third kappa shape index (κ3) is 2.77. The Labute approximate surface area is 116 Å². The molecule has 0 saturated heterocycles. The van der Waals surface area contributed by atoms with E-state index in [1.807, 2.05) is 0 Å². The number of rotatable bonds is 5. The van der Waals surface area contributed by atoms with Gasteiger partial charge in [-0.25, -0.2) is 9.48 Å². The number of methoxy groups -OCH3 is 2. The summed E-state index contributed by atoms with van der Waals surface area (Å²) in [6, 6.07) is 7.12. The SMILES string of the molecule is COCOc1ccc(-c2nnn(C)c2C(=O)OC)cc1. The second-order valence-corrected chi connectivity index (χ2v) is 3.98. The number of esters is 1. The van der Waals surface area contributed by atoms with E-state index < -0.39 is 5.97 Å². The fraction of sp³-hybridized carbons (Fsp3) is 0.308. The van der Waals surface area contributed by atoms with Crippen molar-refractivity contribution in [2.45, 2.75) is 0 Å². The molecule has 0 amide bonds. The van der Waals surface area contributed by atoms with Crippen molar-refractivity contribution in [2.75, 3.05) is 21.0 Å². The normalized spacial score (nSPS) is 10.3. The molecule has 0 saturated carbocycles. The molecule has 0 atom stereocenters. The first kappa shape index (κ1) is 14.0. The topological polar surface area (TPSA) is 75.5 Å². The van der Waals surface area contributed by atoms with Crippen molar-refractivity contribution in [1.29, 1.82) is 0 Å². The van der Waals surface area contributed by atoms with Crippen LogP contribution in [0.1, 0.15) is 10.5 Å². The van der Waals surface area contributed by atoms with E-state index in [2.05, 4.69) is 10.3 Å². The van der Waals surface area contributed by atoms with Crippen LogP contribution in [0.15, 0.2) is 24.3 Å². The molecule has 0 spiro atoms. The van der Waals surface area contributed by atoms with Gasteiger partial charge in [0.05, 0.1) is 7.11 Å². The average Bonchev–Trinajstić information content (AvgIpc) is 2.86. The first-order chi connectivity index (χ1) is 9.67. The summed E-state index contributed by atoms with van der Waals surface area (Å²) in [5.74, 6) is 0.186. The third-order valence-corrected chi connectivity index (χ3v) is 2.68. The average molecular weight is 277 g/mol. The molecule has 2 aromatic rings. The van der Waals surface area contributed by atoms with Gasteiger partial charge in [0.15, 0.2) is 12.5 Å². The van der Waals surface area contributed by atoms with Crippen LogP contribution in [0.4, 0.5) is 0 Å². The smallest absolute Gasteiger partial charge is 0.358 e. The Hall–Kier alpha value is -2.41. The molecule has 0 unspecified atom stereocenters. The van der Waals surface area contributed by atoms with E-state index >= 15 is 0 Å². The van der Waals surface area contributed by atoms with Gasteiger partial charge in [-0.3, -0.25) is 0 Å². The van der Waals surface area contributed by atoms with Gasteiger partial charge in [0, 0.05) is 19.7 Å². The summed E-state index contributed by atoms with van der Waals surface area (Å²) in [6.07, 6.45) is 0. The predicted molar refractivity (Wildman–Crippen MR) is 70.3 cm³/mol. The molecule has 0 aliphatic heterocycles. The lowest BCUT2D eigenvalue weighted by Gasteiger charge is -2.06. The van der Waals surface area contributed by atoms with Crippen LogP contribution in [0.2, 0.25) is 0 Å². The highest BCUT2D eigenvalue weighted by Gasteiger charge is 2.20. The van der Waals surface area contributed by atoms with E-state index in [9.17, 15) is 4.79 Å². The summed E-state index contributed by atoms with van der Waals surface area (Å²) in [5.41, 5.74) is 1.53. The molecule has 7 heteroatoms. The Morgan fingerprint density at radius 2 is 1.95 bits per heavy atom. The molecule has 1 aromatic heterocycles. The highest BCUT2D eigenvalue weighted by Crippen LogP contribution is 2.24. The van der Waals surface area contributed by atoms with Gasteiger partial charge in [0.1, 0.15) is 11.4 Å². The molecule has 0 N–H and O–H groups in total. The van der Waals surface area contributed by atoms with Gasteiger partial charge < -0.3 is 14.2 Å². The molecule has 0 fully saturated rings. The van der Waals surface area contributed by atoms with Crippen molar-refractivity contribution in [3.8, 4) is 17.0 Å². The highest BCUT2D eigenvalue weighted by atomic mass is 16.7. The number of nitrogens with zero attached hydrogens (tertiary/aromatic N) is 3. The number of carbonyl (C=O) groups excluding carboxylic acids is 1. The number of ether oxygens (including phenoxy) is 3. The molecule has 0 aliphatic carbocycles. The minimum atomic E-state index is -0.479. The van der Waals surface area contributed by atoms with Gasteiger partial charge in [0.2, 0.25) is 0 Å². The highest BCUT2D eigenvalue weighted by molar-refractivity contribution is 5.94. The van der Waals surface area contributed by atoms with Gasteiger partial charge in [-0.2, -0.15) is 0 Å². The molecule has 0 radical (unpaired) electrons. The number of aryl methyl sites for hydroxylation is 1. The number of hydrogen-bond acceptors (Lipinski definition) is 6. The van der Waals surface area contributed by atoms with E-state index in [1.165, 1.54) is 11.8 Å². The van der Waals surface area contributed by atoms with E-state index in [0.717, 1.165) is 5.56 Å². The van der Waals surface area contributed by atoms with Gasteiger partial charge in [-0.15, -0.1) is 5.10 Å². The molecule has 0 aliphatic rings. The van der Waals surface area contributed by atoms with Crippen LogP contribution < -0.4 is 4.74 Å². The van der Waals surface area contributed by atoms with Gasteiger partial charge >= 0.3 is 5.97 Å². The maximum atomic E-state index is 11.7. The molecular formula is C13H15N3O4. The molecule has 2 rings (SSSR count). The van der Waals surface area contributed by atoms with Gasteiger partial charge in [0.25, 0.3) is 0 Å². The van der Waals surface area contributed by atoms with Gasteiger partial charge in [-0.1, -0.05) is 5.21 Å². The van der Waals surface area contributed by atoms with Crippen molar-refractivity contribution >= 4 is 5.97 Å². The number of hydrogen-bond donors (Lipinski definition) is 0. The van der Waals surface area contributed by atoms with Crippen molar-refractivity contribution < 1.29 is 19.0 Å². The first-order valence-corrected chi connectivity index (χ1v) is 5.87. The zero-order valence-corrected chi connectivity index (χ0v) is 11.5. The van der Waals surface area contributed by atoms with Crippen molar-refractivity contribution in [3.05, 3.63) is 30.0 Å². The Bertz CT molecular complexity index is 592. The van der Waals surface area contributed by atoms with Crippen LogP contribution in [-0.4, -0.2) is 42.0 Å². The van der Waals surface area contributed by atoms with E-state index in [1.54, 1.807) is 38.4 Å². The summed E-state index contributed by atoms with van der Waals surface area (Å²) in [6.45, 7) is 0.178. The third-order valence-electron chi connectivity index (χ3n) is 2.68. The second-order valence-electron chi connectivity index (χ2n) is 3.98. The number of aromatic nitrogens is 3. The lowest BCUT2D eigenvalue weighted by molar-refractivity contribution is 0.0511. The van der Waals surface area contributed by atoms with Crippen LogP contribution in [0.5, 0.6) is 5.75 Å². The Morgan fingerprint density at radius 3 is 2.55 bits per heavy atom. The molecule has 1 heterocycles. The van der Waals surface area contributed by atoms with Crippen molar-refractivity contribution in [2.24, 2.45) is 7.05 Å². The molecule has 0 bridgehead atoms. The van der Waals surface area contributed by atoms with Crippen LogP contribution in [0.3, 0.4) is 0 Å². The molecular weight excluding hydrogens is 262 g/mol. The summed E-state index contributed by atoms with van der Waals surface area (Å²) in [5, 5.41) is 7.84. The van der Waals surface area contributed by atoms with Gasteiger partial charge in [-0.05, 0) is 24.3 Å². The molecule has 106 valence electrons. The molecule has 20 heavy (non-hydrogen) atoms. The van der Waals surface area contributed by atoms with E-state index in [-0.39, 0.29) is 6.79 Å². The number of carbonyl (C=O) groups is 1. The van der Waals surface area contributed by atoms with E-state index in [4.69, 9.17) is 14.2 Å². The van der Waals surface area contributed by atoms with Crippen molar-refractivity contribution in [1.82, 2.24) is 15.0 Å². The first-order valence-electron chi connectivity index (χ1n) is 5.87. The minimum Gasteiger partial charge on any atom is -0.468 e. The maximum Gasteiger partial charge on any atom is 0.358 e. The summed E-state index contributed by atoms with van der Waals surface area (Å²) < 4.78 is 16.2. The zero-order chi connectivity index (χ0) is 14.5. The quantitative estimate of drug-likeness (QED) is 0.605. The maximum absolute atomic E-state index is 11.7. The monoisotopic (exact) mass is 277 g/mol. The van der Waals surface area contributed by atoms with Crippen LogP contribution in [0.25, 0.3) is 11.3 Å². The van der Waals surface area contributed by atoms with Crippen LogP contribution in [-0.2, 0) is 16.5 Å².